The van der Waals surface area contributed by atoms with Gasteiger partial charge in [-0.2, -0.15) is 5.10 Å². The molecule has 0 bridgehead atoms. The molecule has 4 rings (SSSR count). The first-order valence-electron chi connectivity index (χ1n) is 13.3. The van der Waals surface area contributed by atoms with E-state index < -0.39 is 17.6 Å². The number of aryl methyl sites for hydroxylation is 1. The Labute approximate surface area is 224 Å². The third kappa shape index (κ3) is 5.90. The lowest BCUT2D eigenvalue weighted by Gasteiger charge is -2.27. The van der Waals surface area contributed by atoms with Crippen LogP contribution in [0.2, 0.25) is 0 Å². The van der Waals surface area contributed by atoms with Crippen molar-refractivity contribution >= 4 is 11.7 Å². The fraction of sp³-hybridized carbons (Fsp3) is 0.467. The normalized spacial score (nSPS) is 14.3. The molecule has 0 aliphatic heterocycles. The Morgan fingerprint density at radius 2 is 1.92 bits per heavy atom. The van der Waals surface area contributed by atoms with Crippen molar-refractivity contribution in [1.29, 1.82) is 5.41 Å². The Hall–Kier alpha value is -3.68. The lowest BCUT2D eigenvalue weighted by Crippen LogP contribution is -2.37. The summed E-state index contributed by atoms with van der Waals surface area (Å²) in [5.74, 6) is -0.0462. The molecule has 202 valence electrons. The highest BCUT2D eigenvalue weighted by Crippen LogP contribution is 2.35. The third-order valence-electron chi connectivity index (χ3n) is 7.23. The zero-order valence-electron chi connectivity index (χ0n) is 23.2. The second-order valence-corrected chi connectivity index (χ2v) is 10.7. The van der Waals surface area contributed by atoms with Crippen molar-refractivity contribution in [3.8, 4) is 16.9 Å². The van der Waals surface area contributed by atoms with E-state index in [1.165, 1.54) is 10.6 Å². The molecule has 1 aromatic carbocycles. The second-order valence-electron chi connectivity index (χ2n) is 10.7. The Morgan fingerprint density at radius 3 is 2.55 bits per heavy atom. The van der Waals surface area contributed by atoms with Gasteiger partial charge in [-0.25, -0.2) is 4.79 Å². The van der Waals surface area contributed by atoms with E-state index >= 15 is 0 Å². The summed E-state index contributed by atoms with van der Waals surface area (Å²) in [6, 6.07) is 8.72. The van der Waals surface area contributed by atoms with E-state index in [-0.39, 0.29) is 12.0 Å². The van der Waals surface area contributed by atoms with E-state index in [0.717, 1.165) is 35.2 Å². The van der Waals surface area contributed by atoms with Crippen LogP contribution in [-0.2, 0) is 16.0 Å². The van der Waals surface area contributed by atoms with E-state index in [4.69, 9.17) is 14.9 Å². The largest absolute Gasteiger partial charge is 0.495 e. The van der Waals surface area contributed by atoms with Crippen LogP contribution in [0.5, 0.6) is 5.75 Å². The molecule has 2 heterocycles. The molecule has 0 radical (unpaired) electrons. The molecule has 1 unspecified atom stereocenters. The molecule has 8 heteroatoms. The number of aromatic nitrogens is 3. The summed E-state index contributed by atoms with van der Waals surface area (Å²) in [6.45, 7) is 9.58. The summed E-state index contributed by atoms with van der Waals surface area (Å²) < 4.78 is 14.9. The molecule has 1 aliphatic carbocycles. The molecule has 1 aliphatic rings. The Kier molecular flexibility index (Phi) is 7.90. The molecule has 1 atom stereocenters. The van der Waals surface area contributed by atoms with Gasteiger partial charge in [0.25, 0.3) is 5.56 Å². The first kappa shape index (κ1) is 27.4. The molecule has 8 nitrogen and oxygen atoms in total. The number of pyridine rings is 1. The number of methoxy groups -OCH3 is 1. The molecule has 38 heavy (non-hydrogen) atoms. The number of esters is 1. The van der Waals surface area contributed by atoms with Gasteiger partial charge in [-0.1, -0.05) is 37.6 Å². The number of carbonyl (C=O) groups excluding carboxylic acids is 1. The molecule has 2 aromatic heterocycles. The molecule has 1 N–H and O–H groups in total. The van der Waals surface area contributed by atoms with Crippen LogP contribution in [0.3, 0.4) is 0 Å². The SMILES string of the molecule is CCC(=N)c1ccc(C)cc1-c1cc(=O)n(C(Cc2ccn(C3CC3)n2)C(=O)OC(C)(C)CC)cc1OC. The summed E-state index contributed by atoms with van der Waals surface area (Å²) in [5.41, 5.74) is 3.27. The van der Waals surface area contributed by atoms with Crippen LogP contribution in [0.15, 0.2) is 47.5 Å². The number of carbonyl (C=O) groups is 1. The van der Waals surface area contributed by atoms with Crippen molar-refractivity contribution in [2.75, 3.05) is 7.11 Å². The van der Waals surface area contributed by atoms with E-state index in [1.807, 2.05) is 69.8 Å². The first-order chi connectivity index (χ1) is 18.1. The van der Waals surface area contributed by atoms with Crippen LogP contribution >= 0.6 is 0 Å². The summed E-state index contributed by atoms with van der Waals surface area (Å²) >= 11 is 0. The zero-order chi connectivity index (χ0) is 27.6. The summed E-state index contributed by atoms with van der Waals surface area (Å²) in [7, 11) is 1.54. The highest BCUT2D eigenvalue weighted by molar-refractivity contribution is 6.04. The molecule has 0 saturated heterocycles. The molecule has 3 aromatic rings. The van der Waals surface area contributed by atoms with Crippen molar-refractivity contribution in [3.63, 3.8) is 0 Å². The number of nitrogens with one attached hydrogen (secondary N) is 1. The van der Waals surface area contributed by atoms with Gasteiger partial charge in [-0.15, -0.1) is 0 Å². The monoisotopic (exact) mass is 518 g/mol. The number of hydrogen-bond donors (Lipinski definition) is 1. The quantitative estimate of drug-likeness (QED) is 0.261. The van der Waals surface area contributed by atoms with Crippen LogP contribution in [0, 0.1) is 12.3 Å². The topological polar surface area (TPSA) is 99.2 Å². The van der Waals surface area contributed by atoms with Crippen LogP contribution in [0.25, 0.3) is 11.1 Å². The molecule has 0 spiro atoms. The smallest absolute Gasteiger partial charge is 0.330 e. The average molecular weight is 519 g/mol. The van der Waals surface area contributed by atoms with Crippen molar-refractivity contribution in [2.24, 2.45) is 0 Å². The minimum absolute atomic E-state index is 0.219. The predicted molar refractivity (Wildman–Crippen MR) is 148 cm³/mol. The van der Waals surface area contributed by atoms with Crippen molar-refractivity contribution in [3.05, 3.63) is 69.9 Å². The Balaban J connectivity index is 1.80. The van der Waals surface area contributed by atoms with Crippen molar-refractivity contribution in [1.82, 2.24) is 14.3 Å². The predicted octanol–water partition coefficient (Wildman–Crippen LogP) is 5.66. The molecule has 1 saturated carbocycles. The molecule has 1 fully saturated rings. The van der Waals surface area contributed by atoms with E-state index in [0.29, 0.717) is 35.9 Å². The zero-order valence-corrected chi connectivity index (χ0v) is 23.2. The van der Waals surface area contributed by atoms with Gasteiger partial charge in [0.1, 0.15) is 17.4 Å². The van der Waals surface area contributed by atoms with Crippen LogP contribution in [0.4, 0.5) is 0 Å². The molecule has 0 amide bonds. The van der Waals surface area contributed by atoms with E-state index in [1.54, 1.807) is 13.3 Å². The van der Waals surface area contributed by atoms with Gasteiger partial charge in [0, 0.05) is 35.5 Å². The average Bonchev–Trinajstić information content (AvgIpc) is 3.64. The number of benzene rings is 1. The van der Waals surface area contributed by atoms with Gasteiger partial charge in [-0.05, 0) is 58.1 Å². The van der Waals surface area contributed by atoms with Crippen LogP contribution in [-0.4, -0.2) is 38.7 Å². The third-order valence-corrected chi connectivity index (χ3v) is 7.23. The van der Waals surface area contributed by atoms with Crippen LogP contribution in [0.1, 0.15) is 82.3 Å². The summed E-state index contributed by atoms with van der Waals surface area (Å²) in [5, 5.41) is 13.1. The fourth-order valence-corrected chi connectivity index (χ4v) is 4.41. The van der Waals surface area contributed by atoms with E-state index in [2.05, 4.69) is 5.10 Å². The Bertz CT molecular complexity index is 1400. The maximum atomic E-state index is 13.6. The number of ether oxygens (including phenoxy) is 2. The summed E-state index contributed by atoms with van der Waals surface area (Å²) in [4.78, 5) is 27.2. The number of hydrogen-bond acceptors (Lipinski definition) is 6. The van der Waals surface area contributed by atoms with Crippen molar-refractivity contribution in [2.45, 2.75) is 84.4 Å². The highest BCUT2D eigenvalue weighted by Gasteiger charge is 2.32. The minimum Gasteiger partial charge on any atom is -0.495 e. The summed E-state index contributed by atoms with van der Waals surface area (Å²) in [6.07, 6.45) is 7.14. The minimum atomic E-state index is -0.912. The fourth-order valence-electron chi connectivity index (χ4n) is 4.41. The van der Waals surface area contributed by atoms with Crippen LogP contribution < -0.4 is 10.3 Å². The molecular formula is C30H38N4O4. The van der Waals surface area contributed by atoms with Crippen molar-refractivity contribution < 1.29 is 14.3 Å². The van der Waals surface area contributed by atoms with Gasteiger partial charge < -0.3 is 14.9 Å². The van der Waals surface area contributed by atoms with E-state index in [9.17, 15) is 9.59 Å². The lowest BCUT2D eigenvalue weighted by molar-refractivity contribution is -0.161. The Morgan fingerprint density at radius 1 is 1.18 bits per heavy atom. The maximum absolute atomic E-state index is 13.6. The van der Waals surface area contributed by atoms with Gasteiger partial charge in [-0.3, -0.25) is 14.0 Å². The molecular weight excluding hydrogens is 480 g/mol. The number of rotatable bonds is 11. The van der Waals surface area contributed by atoms with Gasteiger partial charge in [0.05, 0.1) is 25.0 Å². The number of nitrogens with zero attached hydrogens (tertiary/aromatic N) is 3. The first-order valence-corrected chi connectivity index (χ1v) is 13.3. The van der Waals surface area contributed by atoms with Gasteiger partial charge in [0.15, 0.2) is 0 Å². The lowest BCUT2D eigenvalue weighted by atomic mass is 9.94. The highest BCUT2D eigenvalue weighted by atomic mass is 16.6. The van der Waals surface area contributed by atoms with Gasteiger partial charge >= 0.3 is 5.97 Å². The second kappa shape index (κ2) is 11.0. The maximum Gasteiger partial charge on any atom is 0.330 e. The standard InChI is InChI=1S/C30H38N4O4/c1-7-25(31)22-12-9-19(3)15-23(22)24-17-28(35)33(18-27(24)37-6)26(29(36)38-30(4,5)8-2)16-20-13-14-34(32-20)21-10-11-21/h9,12-15,17-18,21,26,31H,7-8,10-11,16H2,1-6H3. The van der Waals surface area contributed by atoms with Gasteiger partial charge in [0.2, 0.25) is 0 Å².